The SMILES string of the molecule is CC1C=CC=CC1(C1C(N2CCCCC2)C(c2ccccc2)S1(=O)=O)[C@@H]1CCc2ccccc21. The number of fused-ring (bicyclic) bond motifs is 1. The van der Waals surface area contributed by atoms with Crippen LogP contribution in [-0.2, 0) is 16.3 Å². The Morgan fingerprint density at radius 2 is 1.65 bits per heavy atom. The van der Waals surface area contributed by atoms with Gasteiger partial charge in [-0.25, -0.2) is 8.42 Å². The summed E-state index contributed by atoms with van der Waals surface area (Å²) in [6.45, 7) is 4.26. The van der Waals surface area contributed by atoms with E-state index < -0.39 is 25.8 Å². The first kappa shape index (κ1) is 22.3. The summed E-state index contributed by atoms with van der Waals surface area (Å²) in [5.41, 5.74) is 3.30. The van der Waals surface area contributed by atoms with Gasteiger partial charge in [0.1, 0.15) is 5.25 Å². The maximum absolute atomic E-state index is 14.4. The maximum Gasteiger partial charge on any atom is 0.164 e. The number of benzene rings is 2. The van der Waals surface area contributed by atoms with Gasteiger partial charge in [-0.2, -0.15) is 0 Å². The molecule has 0 spiro atoms. The van der Waals surface area contributed by atoms with Gasteiger partial charge in [0.15, 0.2) is 9.84 Å². The van der Waals surface area contributed by atoms with Crippen molar-refractivity contribution >= 4 is 9.84 Å². The highest BCUT2D eigenvalue weighted by Gasteiger charge is 2.68. The second-order valence-corrected chi connectivity index (χ2v) is 12.9. The Balaban J connectivity index is 1.52. The number of likely N-dealkylation sites (tertiary alicyclic amines) is 1. The van der Waals surface area contributed by atoms with Crippen LogP contribution in [0.4, 0.5) is 0 Å². The van der Waals surface area contributed by atoms with Gasteiger partial charge in [0.25, 0.3) is 0 Å². The lowest BCUT2D eigenvalue weighted by molar-refractivity contribution is 0.0739. The zero-order valence-corrected chi connectivity index (χ0v) is 20.8. The first-order chi connectivity index (χ1) is 16.5. The van der Waals surface area contributed by atoms with E-state index in [1.165, 1.54) is 17.5 Å². The molecule has 2 fully saturated rings. The van der Waals surface area contributed by atoms with Crippen molar-refractivity contribution in [1.29, 1.82) is 0 Å². The fourth-order valence-electron chi connectivity index (χ4n) is 7.66. The summed E-state index contributed by atoms with van der Waals surface area (Å²) in [4.78, 5) is 2.54. The summed E-state index contributed by atoms with van der Waals surface area (Å²) < 4.78 is 28.9. The Hall–Kier alpha value is -2.17. The first-order valence-corrected chi connectivity index (χ1v) is 14.6. The molecule has 0 aromatic heterocycles. The largest absolute Gasteiger partial charge is 0.297 e. The van der Waals surface area contributed by atoms with Gasteiger partial charge in [-0.05, 0) is 67.3 Å². The van der Waals surface area contributed by atoms with Crippen LogP contribution in [0.15, 0.2) is 78.9 Å². The van der Waals surface area contributed by atoms with Gasteiger partial charge in [-0.3, -0.25) is 4.90 Å². The Bertz CT molecular complexity index is 1210. The molecule has 2 saturated heterocycles. The molecule has 3 nitrogen and oxygen atoms in total. The average Bonchev–Trinajstić information content (AvgIpc) is 3.30. The summed E-state index contributed by atoms with van der Waals surface area (Å²) in [7, 11) is -3.37. The first-order valence-electron chi connectivity index (χ1n) is 13.0. The highest BCUT2D eigenvalue weighted by molar-refractivity contribution is 7.94. The van der Waals surface area contributed by atoms with Crippen LogP contribution in [0.1, 0.15) is 60.5 Å². The van der Waals surface area contributed by atoms with Gasteiger partial charge in [0.2, 0.25) is 0 Å². The highest BCUT2D eigenvalue weighted by atomic mass is 32.2. The van der Waals surface area contributed by atoms with E-state index in [1.54, 1.807) is 0 Å². The molecule has 4 heteroatoms. The van der Waals surface area contributed by atoms with Crippen LogP contribution >= 0.6 is 0 Å². The molecule has 6 rings (SSSR count). The van der Waals surface area contributed by atoms with Crippen molar-refractivity contribution in [3.05, 3.63) is 95.6 Å². The zero-order chi connectivity index (χ0) is 23.3. The van der Waals surface area contributed by atoms with Gasteiger partial charge >= 0.3 is 0 Å². The topological polar surface area (TPSA) is 37.4 Å². The van der Waals surface area contributed by atoms with E-state index in [2.05, 4.69) is 60.4 Å². The van der Waals surface area contributed by atoms with E-state index in [-0.39, 0.29) is 17.9 Å². The van der Waals surface area contributed by atoms with Gasteiger partial charge in [-0.15, -0.1) is 0 Å². The number of nitrogens with zero attached hydrogens (tertiary/aromatic N) is 1. The zero-order valence-electron chi connectivity index (χ0n) is 20.0. The van der Waals surface area contributed by atoms with Crippen LogP contribution in [0.5, 0.6) is 0 Å². The van der Waals surface area contributed by atoms with Crippen molar-refractivity contribution in [2.24, 2.45) is 11.3 Å². The van der Waals surface area contributed by atoms with Crippen LogP contribution in [0.3, 0.4) is 0 Å². The Morgan fingerprint density at radius 1 is 0.912 bits per heavy atom. The third kappa shape index (κ3) is 3.21. The van der Waals surface area contributed by atoms with Crippen LogP contribution < -0.4 is 0 Å². The van der Waals surface area contributed by atoms with Crippen molar-refractivity contribution < 1.29 is 8.42 Å². The number of piperidine rings is 1. The minimum atomic E-state index is -3.37. The molecule has 5 unspecified atom stereocenters. The molecule has 4 aliphatic rings. The molecule has 0 saturated carbocycles. The number of hydrogen-bond donors (Lipinski definition) is 0. The summed E-state index contributed by atoms with van der Waals surface area (Å²) in [6, 6.07) is 18.8. The number of sulfone groups is 1. The highest BCUT2D eigenvalue weighted by Crippen LogP contribution is 2.63. The number of rotatable bonds is 4. The molecule has 2 aromatic carbocycles. The van der Waals surface area contributed by atoms with Crippen molar-refractivity contribution in [2.45, 2.75) is 61.5 Å². The fraction of sp³-hybridized carbons (Fsp3) is 0.467. The van der Waals surface area contributed by atoms with Gasteiger partial charge < -0.3 is 0 Å². The van der Waals surface area contributed by atoms with Gasteiger partial charge in [0, 0.05) is 11.5 Å². The third-order valence-corrected chi connectivity index (χ3v) is 11.8. The number of aryl methyl sites for hydroxylation is 1. The summed E-state index contributed by atoms with van der Waals surface area (Å²) in [6.07, 6.45) is 14.4. The molecule has 178 valence electrons. The van der Waals surface area contributed by atoms with Crippen LogP contribution in [0.2, 0.25) is 0 Å². The van der Waals surface area contributed by atoms with E-state index in [1.807, 2.05) is 30.3 Å². The molecule has 2 heterocycles. The lowest BCUT2D eigenvalue weighted by atomic mass is 9.59. The molecule has 0 radical (unpaired) electrons. The van der Waals surface area contributed by atoms with Crippen LogP contribution in [-0.4, -0.2) is 37.7 Å². The standard InChI is InChI=1S/C30H35NO2S/c1-22-12-8-9-19-30(22,26-18-17-23-13-6-7-16-25(23)26)29-27(31-20-10-3-11-21-31)28(34(29,32)33)24-14-4-2-5-15-24/h2,4-9,12-16,19,22,26-29H,3,10-11,17-18,20-21H2,1H3/t22?,26-,27?,28?,29?,30?/m1/s1. The smallest absolute Gasteiger partial charge is 0.164 e. The molecule has 2 aliphatic carbocycles. The fourth-order valence-corrected chi connectivity index (χ4v) is 10.7. The van der Waals surface area contributed by atoms with Crippen molar-refractivity contribution in [1.82, 2.24) is 4.90 Å². The number of hydrogen-bond acceptors (Lipinski definition) is 3. The predicted molar refractivity (Wildman–Crippen MR) is 138 cm³/mol. The molecular weight excluding hydrogens is 438 g/mol. The van der Waals surface area contributed by atoms with Gasteiger partial charge in [-0.1, -0.05) is 92.2 Å². The van der Waals surface area contributed by atoms with E-state index in [4.69, 9.17) is 0 Å². The Kier molecular flexibility index (Phi) is 5.57. The monoisotopic (exact) mass is 473 g/mol. The maximum atomic E-state index is 14.4. The second-order valence-electron chi connectivity index (χ2n) is 10.8. The lowest BCUT2D eigenvalue weighted by Crippen LogP contribution is -2.70. The molecule has 34 heavy (non-hydrogen) atoms. The molecule has 6 atom stereocenters. The summed E-state index contributed by atoms with van der Waals surface area (Å²) in [5.74, 6) is 0.390. The van der Waals surface area contributed by atoms with E-state index >= 15 is 0 Å². The normalized spacial score (nSPS) is 36.7. The van der Waals surface area contributed by atoms with Crippen molar-refractivity contribution in [3.8, 4) is 0 Å². The Morgan fingerprint density at radius 3 is 2.41 bits per heavy atom. The minimum absolute atomic E-state index is 0.0269. The average molecular weight is 474 g/mol. The molecule has 0 amide bonds. The minimum Gasteiger partial charge on any atom is -0.297 e. The van der Waals surface area contributed by atoms with Crippen LogP contribution in [0, 0.1) is 11.3 Å². The predicted octanol–water partition coefficient (Wildman–Crippen LogP) is 5.86. The van der Waals surface area contributed by atoms with Gasteiger partial charge in [0.05, 0.1) is 5.25 Å². The van der Waals surface area contributed by atoms with Crippen LogP contribution in [0.25, 0.3) is 0 Å². The van der Waals surface area contributed by atoms with E-state index in [0.29, 0.717) is 0 Å². The van der Waals surface area contributed by atoms with Crippen molar-refractivity contribution in [2.75, 3.05) is 13.1 Å². The lowest BCUT2D eigenvalue weighted by Gasteiger charge is -2.60. The van der Waals surface area contributed by atoms with E-state index in [0.717, 1.165) is 44.3 Å². The second kappa shape index (κ2) is 8.49. The summed E-state index contributed by atoms with van der Waals surface area (Å²) >= 11 is 0. The Labute approximate surface area is 204 Å². The summed E-state index contributed by atoms with van der Waals surface area (Å²) in [5, 5.41) is -0.826. The quantitative estimate of drug-likeness (QED) is 0.558. The third-order valence-electron chi connectivity index (χ3n) is 9.18. The van der Waals surface area contributed by atoms with Crippen molar-refractivity contribution in [3.63, 3.8) is 0 Å². The molecular formula is C30H35NO2S. The molecule has 2 aromatic rings. The number of allylic oxidation sites excluding steroid dienone is 4. The molecule has 0 N–H and O–H groups in total. The molecule has 0 bridgehead atoms. The molecule has 2 aliphatic heterocycles. The van der Waals surface area contributed by atoms with E-state index in [9.17, 15) is 8.42 Å².